The first kappa shape index (κ1) is 22.5. The highest BCUT2D eigenvalue weighted by molar-refractivity contribution is 8.00. The van der Waals surface area contributed by atoms with Crippen LogP contribution < -0.4 is 16.0 Å². The average Bonchev–Trinajstić information content (AvgIpc) is 2.65. The minimum Gasteiger partial charge on any atom is -0.273 e. The van der Waals surface area contributed by atoms with E-state index in [1.54, 1.807) is 30.3 Å². The molecule has 0 unspecified atom stereocenters. The van der Waals surface area contributed by atoms with Crippen molar-refractivity contribution in [2.24, 2.45) is 5.14 Å². The number of hydrogen-bond donors (Lipinski definition) is 3. The molecule has 0 fully saturated rings. The number of sulfonamides is 1. The van der Waals surface area contributed by atoms with Gasteiger partial charge in [-0.3, -0.25) is 20.4 Å². The van der Waals surface area contributed by atoms with Crippen LogP contribution >= 0.6 is 35.0 Å². The lowest BCUT2D eigenvalue weighted by molar-refractivity contribution is -0.127. The zero-order valence-corrected chi connectivity index (χ0v) is 17.6. The van der Waals surface area contributed by atoms with E-state index in [0.29, 0.717) is 21.4 Å². The Bertz CT molecular complexity index is 967. The van der Waals surface area contributed by atoms with Gasteiger partial charge in [-0.2, -0.15) is 0 Å². The Hall–Kier alpha value is -1.78. The van der Waals surface area contributed by atoms with Crippen molar-refractivity contribution in [1.29, 1.82) is 0 Å². The standard InChI is InChI=1S/C17H17Cl2N3O4S2/c18-12-4-7-14(19)15(9-12)27-10-17(24)22-21-16(23)8-3-11-1-5-13(6-2-11)28(20,25)26/h1-2,4-7,9H,3,8,10H2,(H,21,23)(H,22,24)(H2,20,25,26). The normalized spacial score (nSPS) is 11.1. The van der Waals surface area contributed by atoms with Gasteiger partial charge in [0.2, 0.25) is 21.8 Å². The highest BCUT2D eigenvalue weighted by Gasteiger charge is 2.10. The lowest BCUT2D eigenvalue weighted by Crippen LogP contribution is -2.42. The van der Waals surface area contributed by atoms with Crippen LogP contribution in [0.25, 0.3) is 0 Å². The summed E-state index contributed by atoms with van der Waals surface area (Å²) in [4.78, 5) is 24.3. The van der Waals surface area contributed by atoms with Gasteiger partial charge in [-0.15, -0.1) is 11.8 Å². The van der Waals surface area contributed by atoms with E-state index in [9.17, 15) is 18.0 Å². The number of primary sulfonamides is 1. The molecule has 0 bridgehead atoms. The van der Waals surface area contributed by atoms with Crippen LogP contribution in [0, 0.1) is 0 Å². The molecule has 0 saturated heterocycles. The number of carbonyl (C=O) groups excluding carboxylic acids is 2. The number of rotatable bonds is 7. The Balaban J connectivity index is 1.73. The number of amides is 2. The lowest BCUT2D eigenvalue weighted by Gasteiger charge is -2.08. The van der Waals surface area contributed by atoms with Gasteiger partial charge in [0, 0.05) is 16.3 Å². The molecule has 0 atom stereocenters. The van der Waals surface area contributed by atoms with Gasteiger partial charge in [0.15, 0.2) is 0 Å². The van der Waals surface area contributed by atoms with Gasteiger partial charge in [0.1, 0.15) is 0 Å². The quantitative estimate of drug-likeness (QED) is 0.432. The summed E-state index contributed by atoms with van der Waals surface area (Å²) in [5.74, 6) is -0.725. The molecule has 2 aromatic rings. The summed E-state index contributed by atoms with van der Waals surface area (Å²) < 4.78 is 22.4. The van der Waals surface area contributed by atoms with E-state index in [2.05, 4.69) is 10.9 Å². The van der Waals surface area contributed by atoms with Crippen molar-refractivity contribution >= 4 is 56.8 Å². The fourth-order valence-corrected chi connectivity index (χ4v) is 3.88. The summed E-state index contributed by atoms with van der Waals surface area (Å²) in [7, 11) is -3.74. The fourth-order valence-electron chi connectivity index (χ4n) is 2.07. The summed E-state index contributed by atoms with van der Waals surface area (Å²) in [5.41, 5.74) is 5.41. The molecule has 0 saturated carbocycles. The Morgan fingerprint density at radius 1 is 1.00 bits per heavy atom. The maximum absolute atomic E-state index is 11.8. The number of hydrazine groups is 1. The predicted octanol–water partition coefficient (Wildman–Crippen LogP) is 2.51. The Kier molecular flexibility index (Phi) is 8.14. The van der Waals surface area contributed by atoms with Gasteiger partial charge in [0.25, 0.3) is 0 Å². The summed E-state index contributed by atoms with van der Waals surface area (Å²) in [6.45, 7) is 0. The number of nitrogens with one attached hydrogen (secondary N) is 2. The summed E-state index contributed by atoms with van der Waals surface area (Å²) in [6, 6.07) is 10.9. The first-order valence-electron chi connectivity index (χ1n) is 7.92. The fraction of sp³-hybridized carbons (Fsp3) is 0.176. The van der Waals surface area contributed by atoms with E-state index < -0.39 is 15.9 Å². The molecule has 2 amide bonds. The number of benzene rings is 2. The third-order valence-electron chi connectivity index (χ3n) is 3.49. The van der Waals surface area contributed by atoms with Crippen LogP contribution in [0.2, 0.25) is 10.0 Å². The Morgan fingerprint density at radius 3 is 2.29 bits per heavy atom. The van der Waals surface area contributed by atoms with Crippen LogP contribution in [0.3, 0.4) is 0 Å². The van der Waals surface area contributed by atoms with E-state index in [0.717, 1.165) is 5.56 Å². The van der Waals surface area contributed by atoms with E-state index in [4.69, 9.17) is 28.3 Å². The van der Waals surface area contributed by atoms with Crippen molar-refractivity contribution in [2.45, 2.75) is 22.6 Å². The number of hydrogen-bond acceptors (Lipinski definition) is 5. The summed E-state index contributed by atoms with van der Waals surface area (Å²) in [5, 5.41) is 6.02. The first-order valence-corrected chi connectivity index (χ1v) is 11.2. The van der Waals surface area contributed by atoms with Crippen LogP contribution in [-0.4, -0.2) is 26.0 Å². The van der Waals surface area contributed by atoms with Crippen LogP contribution in [0.1, 0.15) is 12.0 Å². The van der Waals surface area contributed by atoms with Gasteiger partial charge in [0.05, 0.1) is 15.7 Å². The molecule has 2 rings (SSSR count). The number of aryl methyl sites for hydroxylation is 1. The lowest BCUT2D eigenvalue weighted by atomic mass is 10.1. The molecule has 0 aliphatic carbocycles. The van der Waals surface area contributed by atoms with Gasteiger partial charge in [-0.05, 0) is 42.3 Å². The van der Waals surface area contributed by atoms with Crippen molar-refractivity contribution < 1.29 is 18.0 Å². The van der Waals surface area contributed by atoms with Gasteiger partial charge >= 0.3 is 0 Å². The van der Waals surface area contributed by atoms with Crippen LogP contribution in [0.5, 0.6) is 0 Å². The topological polar surface area (TPSA) is 118 Å². The molecule has 4 N–H and O–H groups in total. The molecule has 28 heavy (non-hydrogen) atoms. The Labute approximate surface area is 177 Å². The van der Waals surface area contributed by atoms with Crippen LogP contribution in [0.15, 0.2) is 52.3 Å². The van der Waals surface area contributed by atoms with Crippen molar-refractivity contribution in [2.75, 3.05) is 5.75 Å². The van der Waals surface area contributed by atoms with Crippen LogP contribution in [0.4, 0.5) is 0 Å². The molecule has 0 aromatic heterocycles. The van der Waals surface area contributed by atoms with Crippen molar-refractivity contribution in [3.05, 3.63) is 58.1 Å². The van der Waals surface area contributed by atoms with Gasteiger partial charge < -0.3 is 0 Å². The molecule has 0 heterocycles. The molecule has 7 nitrogen and oxygen atoms in total. The van der Waals surface area contributed by atoms with E-state index in [1.165, 1.54) is 23.9 Å². The number of halogens is 2. The van der Waals surface area contributed by atoms with Crippen LogP contribution in [-0.2, 0) is 26.0 Å². The number of thioether (sulfide) groups is 1. The monoisotopic (exact) mass is 461 g/mol. The van der Waals surface area contributed by atoms with Crippen molar-refractivity contribution in [1.82, 2.24) is 10.9 Å². The molecule has 11 heteroatoms. The smallest absolute Gasteiger partial charge is 0.248 e. The molecule has 0 aliphatic rings. The predicted molar refractivity (Wildman–Crippen MR) is 110 cm³/mol. The molecule has 2 aromatic carbocycles. The number of carbonyl (C=O) groups is 2. The first-order chi connectivity index (χ1) is 13.1. The van der Waals surface area contributed by atoms with Gasteiger partial charge in [-0.25, -0.2) is 13.6 Å². The molecule has 0 aliphatic heterocycles. The third kappa shape index (κ3) is 7.33. The van der Waals surface area contributed by atoms with E-state index in [1.807, 2.05) is 0 Å². The molecule has 0 spiro atoms. The molecular formula is C17H17Cl2N3O4S2. The minimum atomic E-state index is -3.74. The highest BCUT2D eigenvalue weighted by atomic mass is 35.5. The van der Waals surface area contributed by atoms with Gasteiger partial charge in [-0.1, -0.05) is 35.3 Å². The second kappa shape index (κ2) is 10.1. The minimum absolute atomic E-state index is 0.00488. The maximum Gasteiger partial charge on any atom is 0.248 e. The van der Waals surface area contributed by atoms with Crippen molar-refractivity contribution in [3.8, 4) is 0 Å². The van der Waals surface area contributed by atoms with Crippen molar-refractivity contribution in [3.63, 3.8) is 0 Å². The molecule has 0 radical (unpaired) electrons. The van der Waals surface area contributed by atoms with E-state index in [-0.39, 0.29) is 23.0 Å². The second-order valence-corrected chi connectivity index (χ2v) is 9.07. The zero-order valence-electron chi connectivity index (χ0n) is 14.4. The number of nitrogens with two attached hydrogens (primary N) is 1. The largest absolute Gasteiger partial charge is 0.273 e. The zero-order chi connectivity index (χ0) is 20.7. The average molecular weight is 462 g/mol. The summed E-state index contributed by atoms with van der Waals surface area (Å²) in [6.07, 6.45) is 0.488. The molecular weight excluding hydrogens is 445 g/mol. The summed E-state index contributed by atoms with van der Waals surface area (Å²) >= 11 is 13.1. The molecule has 150 valence electrons. The highest BCUT2D eigenvalue weighted by Crippen LogP contribution is 2.29. The Morgan fingerprint density at radius 2 is 1.64 bits per heavy atom. The third-order valence-corrected chi connectivity index (χ3v) is 6.15. The second-order valence-electron chi connectivity index (χ2n) is 5.65. The maximum atomic E-state index is 11.8. The van der Waals surface area contributed by atoms with E-state index >= 15 is 0 Å². The SMILES string of the molecule is NS(=O)(=O)c1ccc(CCC(=O)NNC(=O)CSc2cc(Cl)ccc2Cl)cc1.